The molecule has 0 fully saturated rings. The third kappa shape index (κ3) is 1.84. The Morgan fingerprint density at radius 1 is 1.27 bits per heavy atom. The first-order valence-corrected chi connectivity index (χ1v) is 4.80. The molecule has 4 nitrogen and oxygen atoms in total. The van der Waals surface area contributed by atoms with Crippen LogP contribution in [0.25, 0.3) is 11.3 Å². The molecule has 0 unspecified atom stereocenters. The number of amides is 1. The molecule has 2 aromatic rings. The molecule has 0 aliphatic rings. The number of benzene rings is 1. The highest BCUT2D eigenvalue weighted by molar-refractivity contribution is 6.99. The molecule has 76 valence electrons. The molecule has 6 heteroatoms. The van der Waals surface area contributed by atoms with Crippen molar-refractivity contribution in [1.82, 2.24) is 8.75 Å². The van der Waals surface area contributed by atoms with Crippen molar-refractivity contribution in [3.63, 3.8) is 0 Å². The first-order chi connectivity index (χ1) is 7.18. The lowest BCUT2D eigenvalue weighted by Crippen LogP contribution is -2.12. The van der Waals surface area contributed by atoms with Gasteiger partial charge in [0.25, 0.3) is 5.91 Å². The minimum atomic E-state index is -0.636. The summed E-state index contributed by atoms with van der Waals surface area (Å²) in [6, 6.07) is 5.63. The summed E-state index contributed by atoms with van der Waals surface area (Å²) < 4.78 is 20.4. The van der Waals surface area contributed by atoms with Gasteiger partial charge in [-0.25, -0.2) is 4.39 Å². The van der Waals surface area contributed by atoms with E-state index >= 15 is 0 Å². The van der Waals surface area contributed by atoms with Gasteiger partial charge in [-0.1, -0.05) is 0 Å². The highest BCUT2D eigenvalue weighted by atomic mass is 32.1. The molecule has 1 amide bonds. The Bertz CT molecular complexity index is 494. The Morgan fingerprint density at radius 2 is 1.93 bits per heavy atom. The van der Waals surface area contributed by atoms with Crippen LogP contribution < -0.4 is 5.73 Å². The van der Waals surface area contributed by atoms with Crippen LogP contribution in [0.3, 0.4) is 0 Å². The SMILES string of the molecule is NC(=O)c1nsnc1-c1ccc(F)cc1. The average Bonchev–Trinajstić information content (AvgIpc) is 2.67. The van der Waals surface area contributed by atoms with Crippen LogP contribution >= 0.6 is 11.7 Å². The van der Waals surface area contributed by atoms with Gasteiger partial charge in [0.1, 0.15) is 11.5 Å². The van der Waals surface area contributed by atoms with Crippen LogP contribution in [0.15, 0.2) is 24.3 Å². The summed E-state index contributed by atoms with van der Waals surface area (Å²) in [4.78, 5) is 11.0. The minimum Gasteiger partial charge on any atom is -0.364 e. The second-order valence-electron chi connectivity index (χ2n) is 2.83. The van der Waals surface area contributed by atoms with E-state index in [2.05, 4.69) is 8.75 Å². The molecule has 2 rings (SSSR count). The molecule has 0 saturated carbocycles. The first-order valence-electron chi connectivity index (χ1n) is 4.07. The number of hydrogen-bond acceptors (Lipinski definition) is 4. The molecule has 0 atom stereocenters. The van der Waals surface area contributed by atoms with Crippen LogP contribution in [-0.2, 0) is 0 Å². The fraction of sp³-hybridized carbons (Fsp3) is 0. The number of hydrogen-bond donors (Lipinski definition) is 1. The molecule has 0 radical (unpaired) electrons. The third-order valence-corrected chi connectivity index (χ3v) is 2.37. The van der Waals surface area contributed by atoms with E-state index in [0.717, 1.165) is 11.7 Å². The maximum Gasteiger partial charge on any atom is 0.270 e. The zero-order chi connectivity index (χ0) is 10.8. The van der Waals surface area contributed by atoms with Crippen LogP contribution in [0.2, 0.25) is 0 Å². The van der Waals surface area contributed by atoms with Gasteiger partial charge >= 0.3 is 0 Å². The van der Waals surface area contributed by atoms with Crippen LogP contribution in [0.1, 0.15) is 10.5 Å². The van der Waals surface area contributed by atoms with Crippen molar-refractivity contribution < 1.29 is 9.18 Å². The number of carbonyl (C=O) groups excluding carboxylic acids is 1. The lowest BCUT2D eigenvalue weighted by atomic mass is 10.1. The van der Waals surface area contributed by atoms with E-state index in [4.69, 9.17) is 5.73 Å². The van der Waals surface area contributed by atoms with E-state index in [1.165, 1.54) is 24.3 Å². The molecule has 0 bridgehead atoms. The van der Waals surface area contributed by atoms with Gasteiger partial charge in [-0.15, -0.1) is 0 Å². The largest absolute Gasteiger partial charge is 0.364 e. The van der Waals surface area contributed by atoms with E-state index in [-0.39, 0.29) is 11.5 Å². The Hall–Kier alpha value is -1.82. The zero-order valence-electron chi connectivity index (χ0n) is 7.48. The Balaban J connectivity index is 2.49. The van der Waals surface area contributed by atoms with E-state index < -0.39 is 5.91 Å². The Kier molecular flexibility index (Phi) is 2.42. The topological polar surface area (TPSA) is 68.9 Å². The predicted molar refractivity (Wildman–Crippen MR) is 53.8 cm³/mol. The van der Waals surface area contributed by atoms with Crippen LogP contribution in [0.4, 0.5) is 4.39 Å². The zero-order valence-corrected chi connectivity index (χ0v) is 8.29. The van der Waals surface area contributed by atoms with E-state index in [9.17, 15) is 9.18 Å². The number of carbonyl (C=O) groups is 1. The summed E-state index contributed by atoms with van der Waals surface area (Å²) in [5.41, 5.74) is 6.25. The fourth-order valence-electron chi connectivity index (χ4n) is 1.15. The van der Waals surface area contributed by atoms with Gasteiger partial charge in [-0.2, -0.15) is 8.75 Å². The summed E-state index contributed by atoms with van der Waals surface area (Å²) >= 11 is 0.899. The van der Waals surface area contributed by atoms with E-state index in [1.807, 2.05) is 0 Å². The van der Waals surface area contributed by atoms with Crippen LogP contribution in [0.5, 0.6) is 0 Å². The van der Waals surface area contributed by atoms with Crippen molar-refractivity contribution in [2.45, 2.75) is 0 Å². The molecule has 1 heterocycles. The molecule has 0 aliphatic heterocycles. The number of halogens is 1. The van der Waals surface area contributed by atoms with Crippen LogP contribution in [0, 0.1) is 5.82 Å². The number of nitrogens with two attached hydrogens (primary N) is 1. The maximum absolute atomic E-state index is 12.7. The third-order valence-electron chi connectivity index (χ3n) is 1.84. The predicted octanol–water partition coefficient (Wildman–Crippen LogP) is 1.44. The minimum absolute atomic E-state index is 0.117. The van der Waals surface area contributed by atoms with Gasteiger partial charge in [0, 0.05) is 5.56 Å². The lowest BCUT2D eigenvalue weighted by Gasteiger charge is -1.97. The van der Waals surface area contributed by atoms with Crippen molar-refractivity contribution in [3.8, 4) is 11.3 Å². The second kappa shape index (κ2) is 3.74. The molecule has 1 aromatic carbocycles. The van der Waals surface area contributed by atoms with Crippen molar-refractivity contribution in [1.29, 1.82) is 0 Å². The molecule has 0 aliphatic carbocycles. The fourth-order valence-corrected chi connectivity index (χ4v) is 1.72. The summed E-state index contributed by atoms with van der Waals surface area (Å²) in [6.45, 7) is 0. The number of aromatic nitrogens is 2. The van der Waals surface area contributed by atoms with Crippen molar-refractivity contribution in [2.24, 2.45) is 5.73 Å². The normalized spacial score (nSPS) is 10.2. The summed E-state index contributed by atoms with van der Waals surface area (Å²) in [7, 11) is 0. The first kappa shape index (κ1) is 9.72. The van der Waals surface area contributed by atoms with E-state index in [1.54, 1.807) is 0 Å². The molecule has 0 saturated heterocycles. The molecular formula is C9H6FN3OS. The smallest absolute Gasteiger partial charge is 0.270 e. The lowest BCUT2D eigenvalue weighted by molar-refractivity contribution is 0.0997. The quantitative estimate of drug-likeness (QED) is 0.837. The Morgan fingerprint density at radius 3 is 2.53 bits per heavy atom. The van der Waals surface area contributed by atoms with Crippen molar-refractivity contribution in [2.75, 3.05) is 0 Å². The summed E-state index contributed by atoms with van der Waals surface area (Å²) in [5, 5.41) is 0. The van der Waals surface area contributed by atoms with Crippen molar-refractivity contribution >= 4 is 17.6 Å². The maximum atomic E-state index is 12.7. The average molecular weight is 223 g/mol. The molecular weight excluding hydrogens is 217 g/mol. The highest BCUT2D eigenvalue weighted by Gasteiger charge is 2.14. The van der Waals surface area contributed by atoms with Gasteiger partial charge in [0.15, 0.2) is 5.69 Å². The summed E-state index contributed by atoms with van der Waals surface area (Å²) in [5.74, 6) is -0.981. The number of rotatable bonds is 2. The molecule has 1 aromatic heterocycles. The molecule has 2 N–H and O–H groups in total. The highest BCUT2D eigenvalue weighted by Crippen LogP contribution is 2.21. The summed E-state index contributed by atoms with van der Waals surface area (Å²) in [6.07, 6.45) is 0. The standard InChI is InChI=1S/C9H6FN3OS/c10-6-3-1-5(2-4-6)7-8(9(11)14)13-15-12-7/h1-4H,(H2,11,14). The van der Waals surface area contributed by atoms with Gasteiger partial charge in [-0.05, 0) is 24.3 Å². The molecule has 15 heavy (non-hydrogen) atoms. The number of primary amides is 1. The molecule has 0 spiro atoms. The van der Waals surface area contributed by atoms with Gasteiger partial charge < -0.3 is 5.73 Å². The van der Waals surface area contributed by atoms with Gasteiger partial charge in [0.05, 0.1) is 11.7 Å². The van der Waals surface area contributed by atoms with Gasteiger partial charge in [0.2, 0.25) is 0 Å². The van der Waals surface area contributed by atoms with E-state index in [0.29, 0.717) is 11.3 Å². The second-order valence-corrected chi connectivity index (χ2v) is 3.36. The number of nitrogens with zero attached hydrogens (tertiary/aromatic N) is 2. The van der Waals surface area contributed by atoms with Gasteiger partial charge in [-0.3, -0.25) is 4.79 Å². The monoisotopic (exact) mass is 223 g/mol. The van der Waals surface area contributed by atoms with Crippen molar-refractivity contribution in [3.05, 3.63) is 35.8 Å². The van der Waals surface area contributed by atoms with Crippen LogP contribution in [-0.4, -0.2) is 14.7 Å². The Labute approximate surface area is 88.9 Å².